The van der Waals surface area contributed by atoms with Gasteiger partial charge >= 0.3 is 11.9 Å². The fourth-order valence-corrected chi connectivity index (χ4v) is 1.59. The third-order valence-corrected chi connectivity index (χ3v) is 2.76. The number of ether oxygens (including phenoxy) is 1. The molecule has 2 atom stereocenters. The Morgan fingerprint density at radius 3 is 2.19 bits per heavy atom. The molecule has 1 aromatic rings. The Morgan fingerprint density at radius 2 is 1.62 bits per heavy atom. The Labute approximate surface area is 121 Å². The van der Waals surface area contributed by atoms with Gasteiger partial charge in [-0.15, -0.1) is 0 Å². The molecule has 21 heavy (non-hydrogen) atoms. The lowest BCUT2D eigenvalue weighted by Crippen LogP contribution is -2.41. The third kappa shape index (κ3) is 6.15. The van der Waals surface area contributed by atoms with Crippen molar-refractivity contribution in [3.05, 3.63) is 35.9 Å². The van der Waals surface area contributed by atoms with Crippen LogP contribution >= 0.6 is 0 Å². The first kappa shape index (κ1) is 16.8. The largest absolute Gasteiger partial charge is 0.550 e. The molecular formula is C14H17N2O5-. The Balaban J connectivity index is 2.44. The summed E-state index contributed by atoms with van der Waals surface area (Å²) in [5.74, 6) is -3.22. The minimum atomic E-state index is -1.33. The van der Waals surface area contributed by atoms with Crippen molar-refractivity contribution in [3.63, 3.8) is 0 Å². The molecule has 0 unspecified atom stereocenters. The third-order valence-electron chi connectivity index (χ3n) is 2.76. The lowest BCUT2D eigenvalue weighted by molar-refractivity contribution is -0.305. The van der Waals surface area contributed by atoms with E-state index in [1.807, 2.05) is 6.07 Å². The lowest BCUT2D eigenvalue weighted by atomic mass is 10.1. The van der Waals surface area contributed by atoms with Crippen LogP contribution < -0.4 is 16.6 Å². The number of hydrogen-bond acceptors (Lipinski definition) is 7. The number of carboxylic acid groups (broad SMARTS) is 1. The molecule has 0 heterocycles. The maximum atomic E-state index is 11.6. The van der Waals surface area contributed by atoms with E-state index in [-0.39, 0.29) is 19.3 Å². The summed E-state index contributed by atoms with van der Waals surface area (Å²) in [5, 5.41) is 10.3. The predicted octanol–water partition coefficient (Wildman–Crippen LogP) is -1.52. The molecule has 0 radical (unpaired) electrons. The first-order chi connectivity index (χ1) is 9.90. The molecular weight excluding hydrogens is 276 g/mol. The van der Waals surface area contributed by atoms with Crippen LogP contribution in [0.4, 0.5) is 0 Å². The van der Waals surface area contributed by atoms with Crippen molar-refractivity contribution >= 4 is 17.9 Å². The van der Waals surface area contributed by atoms with Gasteiger partial charge in [-0.3, -0.25) is 0 Å². The number of benzene rings is 1. The summed E-state index contributed by atoms with van der Waals surface area (Å²) in [6, 6.07) is 6.82. The van der Waals surface area contributed by atoms with Gasteiger partial charge in [0.2, 0.25) is 0 Å². The van der Waals surface area contributed by atoms with Gasteiger partial charge in [-0.1, -0.05) is 30.3 Å². The average Bonchev–Trinajstić information content (AvgIpc) is 2.45. The number of carboxylic acids is 1. The summed E-state index contributed by atoms with van der Waals surface area (Å²) in [6.45, 7) is 0. The highest BCUT2D eigenvalue weighted by atomic mass is 16.6. The maximum Gasteiger partial charge on any atom is 0.330 e. The number of carbonyl (C=O) groups is 3. The number of carbonyl (C=O) groups excluding carboxylic acids is 3. The highest BCUT2D eigenvalue weighted by molar-refractivity contribution is 5.90. The van der Waals surface area contributed by atoms with Gasteiger partial charge in [-0.25, -0.2) is 9.59 Å². The van der Waals surface area contributed by atoms with Crippen molar-refractivity contribution < 1.29 is 24.2 Å². The maximum absolute atomic E-state index is 11.6. The molecule has 0 aliphatic carbocycles. The van der Waals surface area contributed by atoms with Crippen LogP contribution in [0.2, 0.25) is 0 Å². The molecule has 0 saturated heterocycles. The number of esters is 2. The summed E-state index contributed by atoms with van der Waals surface area (Å²) < 4.78 is 4.54. The van der Waals surface area contributed by atoms with Crippen molar-refractivity contribution in [2.75, 3.05) is 0 Å². The zero-order valence-electron chi connectivity index (χ0n) is 11.4. The normalized spacial score (nSPS) is 13.2. The summed E-state index contributed by atoms with van der Waals surface area (Å²) in [6.07, 6.45) is -0.329. The van der Waals surface area contributed by atoms with Crippen LogP contribution in [-0.2, 0) is 25.5 Å². The van der Waals surface area contributed by atoms with Crippen molar-refractivity contribution in [3.8, 4) is 0 Å². The van der Waals surface area contributed by atoms with E-state index < -0.39 is 30.0 Å². The SMILES string of the molecule is N[C@@H](CCC(=O)[O-])C(=O)OC(=O)[C@@H](N)Cc1ccccc1. The molecule has 0 aromatic heterocycles. The molecule has 1 rings (SSSR count). The van der Waals surface area contributed by atoms with E-state index in [0.717, 1.165) is 5.56 Å². The molecule has 7 heteroatoms. The van der Waals surface area contributed by atoms with Gasteiger partial charge in [-0.2, -0.15) is 0 Å². The van der Waals surface area contributed by atoms with Gasteiger partial charge in [0.25, 0.3) is 0 Å². The summed E-state index contributed by atoms with van der Waals surface area (Å²) in [4.78, 5) is 33.4. The molecule has 114 valence electrons. The number of nitrogens with two attached hydrogens (primary N) is 2. The second-order valence-corrected chi connectivity index (χ2v) is 4.55. The zero-order valence-corrected chi connectivity index (χ0v) is 11.4. The van der Waals surface area contributed by atoms with Gasteiger partial charge in [-0.05, 0) is 24.8 Å². The Kier molecular flexibility index (Phi) is 6.51. The van der Waals surface area contributed by atoms with Crippen molar-refractivity contribution in [2.45, 2.75) is 31.3 Å². The molecule has 7 nitrogen and oxygen atoms in total. The molecule has 0 spiro atoms. The number of hydrogen-bond donors (Lipinski definition) is 2. The zero-order chi connectivity index (χ0) is 15.8. The quantitative estimate of drug-likeness (QED) is 0.460. The van der Waals surface area contributed by atoms with Crippen LogP contribution in [0.3, 0.4) is 0 Å². The minimum Gasteiger partial charge on any atom is -0.550 e. The summed E-state index contributed by atoms with van der Waals surface area (Å²) in [7, 11) is 0. The van der Waals surface area contributed by atoms with E-state index in [9.17, 15) is 19.5 Å². The monoisotopic (exact) mass is 293 g/mol. The molecule has 4 N–H and O–H groups in total. The van der Waals surface area contributed by atoms with E-state index in [1.165, 1.54) is 0 Å². The van der Waals surface area contributed by atoms with Crippen LogP contribution in [0.5, 0.6) is 0 Å². The van der Waals surface area contributed by atoms with E-state index >= 15 is 0 Å². The fourth-order valence-electron chi connectivity index (χ4n) is 1.59. The Bertz CT molecular complexity index is 503. The predicted molar refractivity (Wildman–Crippen MR) is 71.4 cm³/mol. The van der Waals surface area contributed by atoms with Crippen LogP contribution in [0.15, 0.2) is 30.3 Å². The molecule has 0 aliphatic rings. The minimum absolute atomic E-state index is 0.164. The molecule has 0 saturated carbocycles. The van der Waals surface area contributed by atoms with Crippen molar-refractivity contribution in [1.82, 2.24) is 0 Å². The van der Waals surface area contributed by atoms with Gasteiger partial charge in [0.15, 0.2) is 0 Å². The van der Waals surface area contributed by atoms with Gasteiger partial charge in [0, 0.05) is 5.97 Å². The smallest absolute Gasteiger partial charge is 0.330 e. The van der Waals surface area contributed by atoms with E-state index in [1.54, 1.807) is 24.3 Å². The van der Waals surface area contributed by atoms with Crippen LogP contribution in [0, 0.1) is 0 Å². The molecule has 0 aliphatic heterocycles. The van der Waals surface area contributed by atoms with Crippen LogP contribution in [-0.4, -0.2) is 30.0 Å². The first-order valence-electron chi connectivity index (χ1n) is 6.40. The second kappa shape index (κ2) is 8.13. The van der Waals surface area contributed by atoms with Crippen LogP contribution in [0.1, 0.15) is 18.4 Å². The topological polar surface area (TPSA) is 136 Å². The number of aliphatic carboxylic acids is 1. The number of rotatable bonds is 7. The van der Waals surface area contributed by atoms with Gasteiger partial charge in [0.05, 0.1) is 0 Å². The first-order valence-corrected chi connectivity index (χ1v) is 6.40. The molecule has 0 bridgehead atoms. The van der Waals surface area contributed by atoms with Crippen molar-refractivity contribution in [1.29, 1.82) is 0 Å². The molecule has 1 aromatic carbocycles. The molecule has 0 amide bonds. The van der Waals surface area contributed by atoms with Crippen LogP contribution in [0.25, 0.3) is 0 Å². The second-order valence-electron chi connectivity index (χ2n) is 4.55. The van der Waals surface area contributed by atoms with E-state index in [2.05, 4.69) is 4.74 Å². The fraction of sp³-hybridized carbons (Fsp3) is 0.357. The summed E-state index contributed by atoms with van der Waals surface area (Å²) >= 11 is 0. The lowest BCUT2D eigenvalue weighted by Gasteiger charge is -2.13. The standard InChI is InChI=1S/C14H18N2O5/c15-10(6-7-12(17)18)13(19)21-14(20)11(16)8-9-4-2-1-3-5-9/h1-5,10-11H,6-8,15-16H2,(H,17,18)/p-1/t10-,11-/m0/s1. The van der Waals surface area contributed by atoms with Crippen molar-refractivity contribution in [2.24, 2.45) is 11.5 Å². The summed E-state index contributed by atoms with van der Waals surface area (Å²) in [5.41, 5.74) is 11.9. The average molecular weight is 293 g/mol. The Morgan fingerprint density at radius 1 is 1.05 bits per heavy atom. The van der Waals surface area contributed by atoms with E-state index in [4.69, 9.17) is 11.5 Å². The Hall–Kier alpha value is -2.25. The highest BCUT2D eigenvalue weighted by Gasteiger charge is 2.23. The van der Waals surface area contributed by atoms with Gasteiger partial charge < -0.3 is 26.1 Å². The van der Waals surface area contributed by atoms with Gasteiger partial charge in [0.1, 0.15) is 12.1 Å². The van der Waals surface area contributed by atoms with E-state index in [0.29, 0.717) is 0 Å². The highest BCUT2D eigenvalue weighted by Crippen LogP contribution is 2.04. The molecule has 0 fully saturated rings.